The molecule has 1 aliphatic heterocycles. The molecule has 3 fully saturated rings. The minimum absolute atomic E-state index is 0.0402. The van der Waals surface area contributed by atoms with Gasteiger partial charge in [0, 0.05) is 77.3 Å². The Bertz CT molecular complexity index is 3350. The normalized spacial score (nSPS) is 22.7. The molecule has 11 atom stereocenters. The van der Waals surface area contributed by atoms with E-state index in [0.29, 0.717) is 44.1 Å². The molecule has 3 aromatic carbocycles. The van der Waals surface area contributed by atoms with E-state index in [1.54, 1.807) is 113 Å². The van der Waals surface area contributed by atoms with Crippen LogP contribution in [0.2, 0.25) is 0 Å². The highest BCUT2D eigenvalue weighted by molar-refractivity contribution is 6.54. The molecule has 0 unspecified atom stereocenters. The summed E-state index contributed by atoms with van der Waals surface area (Å²) in [5.74, 6) is -6.56. The van der Waals surface area contributed by atoms with Gasteiger partial charge in [0.05, 0.1) is 35.6 Å². The lowest BCUT2D eigenvalue weighted by molar-refractivity contribution is -0.347. The van der Waals surface area contributed by atoms with Gasteiger partial charge in [0.1, 0.15) is 23.9 Å². The number of unbranched alkanes of at least 4 members (excludes halogenated alkanes) is 30. The molecular weight excluding hydrogens is 1530 g/mol. The molecule has 21 nitrogen and oxygen atoms in total. The number of hydrogen-bond acceptors (Lipinski definition) is 20. The Kier molecular flexibility index (Phi) is 44.0. The van der Waals surface area contributed by atoms with Crippen LogP contribution in [0.4, 0.5) is 0 Å². The van der Waals surface area contributed by atoms with Gasteiger partial charge in [-0.2, -0.15) is 0 Å². The number of fused-ring (bicyclic) bond motifs is 5. The Hall–Kier alpha value is -5.55. The quantitative estimate of drug-likeness (QED) is 0.0175. The number of benzene rings is 3. The number of hydrogen-bond donors (Lipinski definition) is 2. The van der Waals surface area contributed by atoms with Crippen molar-refractivity contribution in [2.75, 3.05) is 46.2 Å². The first-order valence-electron chi connectivity index (χ1n) is 46.0. The lowest BCUT2D eigenvalue weighted by Gasteiger charge is -2.68. The monoisotopic (exact) mass is 1680 g/mol. The minimum atomic E-state index is -4.62. The molecule has 3 aromatic rings. The van der Waals surface area contributed by atoms with Crippen LogP contribution in [0.25, 0.3) is 0 Å². The summed E-state index contributed by atoms with van der Waals surface area (Å²) in [7, 11) is -9.14. The third-order valence-electron chi connectivity index (χ3n) is 24.6. The molecule has 4 aliphatic rings. The molecule has 0 radical (unpaired) electrons. The van der Waals surface area contributed by atoms with E-state index >= 15 is 24.3 Å². The third-order valence-corrected chi connectivity index (χ3v) is 29.1. The number of carbonyl (C=O) groups is 6. The largest absolute Gasteiger partial charge is 0.680 e. The van der Waals surface area contributed by atoms with E-state index in [-0.39, 0.29) is 74.9 Å². The Balaban J connectivity index is 1.49. The number of amides is 1. The Morgan fingerprint density at radius 2 is 0.890 bits per heavy atom. The number of ether oxygens (including phenoxy) is 5. The summed E-state index contributed by atoms with van der Waals surface area (Å²) in [6, 6.07) is 24.5. The second-order valence-electron chi connectivity index (χ2n) is 34.2. The predicted molar refractivity (Wildman–Crippen MR) is 463 cm³/mol. The van der Waals surface area contributed by atoms with Gasteiger partial charge < -0.3 is 69.5 Å². The van der Waals surface area contributed by atoms with Crippen LogP contribution in [-0.2, 0) is 78.3 Å². The van der Waals surface area contributed by atoms with Gasteiger partial charge in [-0.1, -0.05) is 315 Å². The van der Waals surface area contributed by atoms with E-state index in [0.717, 1.165) is 193 Å². The SMILES string of the molecule is CCCCCCCCO[Si](OCCCCCCCC)(OCCCCCCCC)O[C@H]1C[C@H]2OC[C@@]2(OC(C)=O)[C@H]2[C@H](OC(=O)c3ccccc3)[C@]3(O)C[C@H](OC(=O)[C@H](O[Si](OCCCCCCCC)(OCCCCCCCC)OCCCCCCCC)[C@@H](NC(=O)c4ccccc4)c4ccccc4)C(C)=C([C@@H](OC(C)=O)C(=O)[C@]12C)C3(C)C. The highest BCUT2D eigenvalue weighted by atomic mass is 28.4. The maximum absolute atomic E-state index is 17.8. The summed E-state index contributed by atoms with van der Waals surface area (Å²) < 4.78 is 91.9. The summed E-state index contributed by atoms with van der Waals surface area (Å²) in [5, 5.41) is 18.5. The first-order valence-corrected chi connectivity index (χ1v) is 49.3. The second kappa shape index (κ2) is 52.2. The summed E-state index contributed by atoms with van der Waals surface area (Å²) in [4.78, 5) is 94.4. The summed E-state index contributed by atoms with van der Waals surface area (Å²) in [6.07, 6.45) is 23.8. The van der Waals surface area contributed by atoms with Crippen LogP contribution in [0.1, 0.15) is 359 Å². The molecule has 0 aromatic heterocycles. The fraction of sp³-hybridized carbons (Fsp3) is 0.726. The maximum atomic E-state index is 17.8. The Morgan fingerprint density at radius 1 is 0.500 bits per heavy atom. The van der Waals surface area contributed by atoms with E-state index < -0.39 is 131 Å². The number of esters is 4. The lowest BCUT2D eigenvalue weighted by Crippen LogP contribution is -2.82. The Morgan fingerprint density at radius 3 is 1.28 bits per heavy atom. The number of carbonyl (C=O) groups excluding carboxylic acids is 6. The average molecular weight is 1680 g/mol. The van der Waals surface area contributed by atoms with Gasteiger partial charge in [0.15, 0.2) is 23.6 Å². The fourth-order valence-corrected chi connectivity index (χ4v) is 22.2. The number of nitrogens with one attached hydrogen (secondary N) is 1. The Labute approximate surface area is 710 Å². The highest BCUT2D eigenvalue weighted by Gasteiger charge is 2.79. The van der Waals surface area contributed by atoms with Gasteiger partial charge in [-0.15, -0.1) is 0 Å². The van der Waals surface area contributed by atoms with Crippen LogP contribution < -0.4 is 5.32 Å². The molecule has 2 N–H and O–H groups in total. The molecule has 2 bridgehead atoms. The molecule has 2 saturated carbocycles. The average Bonchev–Trinajstić information content (AvgIpc) is 0.666. The van der Waals surface area contributed by atoms with Crippen LogP contribution >= 0.6 is 0 Å². The van der Waals surface area contributed by atoms with Crippen molar-refractivity contribution in [3.63, 3.8) is 0 Å². The topological polar surface area (TPSA) is 255 Å². The molecule has 1 amide bonds. The second-order valence-corrected chi connectivity index (χ2v) is 38.4. The van der Waals surface area contributed by atoms with E-state index in [9.17, 15) is 9.59 Å². The van der Waals surface area contributed by atoms with Crippen molar-refractivity contribution >= 4 is 53.7 Å². The first-order chi connectivity index (χ1) is 57.0. The summed E-state index contributed by atoms with van der Waals surface area (Å²) in [5.41, 5.74) is -7.28. The van der Waals surface area contributed by atoms with Crippen molar-refractivity contribution in [3.8, 4) is 0 Å². The summed E-state index contributed by atoms with van der Waals surface area (Å²) in [6.45, 7) is 22.9. The minimum Gasteiger partial charge on any atom is -0.456 e. The van der Waals surface area contributed by atoms with Gasteiger partial charge in [-0.25, -0.2) is 9.59 Å². The zero-order valence-electron chi connectivity index (χ0n) is 74.3. The molecule has 1 saturated heterocycles. The highest BCUT2D eigenvalue weighted by Crippen LogP contribution is 2.65. The standard InChI is InChI=1S/C95H151NO20Si2/c1-13-19-25-31-37-52-64-105-117(106-65-53-38-32-26-20-14-2,107-66-54-39-33-27-21-15-3)115-80-70-81-94(72-104-81,114-75(9)98)86-88(113-90(101)78-62-50-45-51-63-78)95(103)71-79(73(7)82(92(95,10)11)84(111-74(8)97)87(99)93(80,86)12)112-91(102)85(83(76-58-46-43-47-59-76)96-89(100)77-60-48-44-49-61-77)116-118(108-67-55-40-34-28-22-16-4,109-68-56-41-35-29-23-17-5)110-69-57-42-36-30-24-18-6/h43-51,58-63,79-81,83-86,88,103H,13-42,52-57,64-72H2,1-12H3,(H,96,100)/t79-,80-,81+,83-,84+,85+,86-,88-,93+,94-,95+/m0/s1. The fourth-order valence-electron chi connectivity index (χ4n) is 17.7. The van der Waals surface area contributed by atoms with E-state index in [4.69, 9.17) is 59.1 Å². The van der Waals surface area contributed by atoms with Crippen molar-refractivity contribution in [2.45, 2.75) is 381 Å². The molecule has 664 valence electrons. The van der Waals surface area contributed by atoms with Gasteiger partial charge in [-0.05, 0) is 93.3 Å². The van der Waals surface area contributed by atoms with E-state index in [2.05, 4.69) is 46.9 Å². The van der Waals surface area contributed by atoms with Crippen molar-refractivity contribution in [1.29, 1.82) is 0 Å². The molecular formula is C95H151NO20Si2. The van der Waals surface area contributed by atoms with Gasteiger partial charge in [0.25, 0.3) is 5.91 Å². The van der Waals surface area contributed by atoms with Crippen LogP contribution in [-0.4, -0.2) is 153 Å². The zero-order valence-corrected chi connectivity index (χ0v) is 76.3. The number of rotatable bonds is 62. The first kappa shape index (κ1) is 99.6. The number of Topliss-reactive ketones (excluding diaryl/α,β-unsaturated/α-hetero) is 1. The van der Waals surface area contributed by atoms with Crippen LogP contribution in [0, 0.1) is 16.7 Å². The van der Waals surface area contributed by atoms with Crippen molar-refractivity contribution in [2.24, 2.45) is 16.7 Å². The molecule has 7 rings (SSSR count). The zero-order chi connectivity index (χ0) is 85.3. The van der Waals surface area contributed by atoms with Crippen molar-refractivity contribution in [1.82, 2.24) is 5.32 Å². The predicted octanol–water partition coefficient (Wildman–Crippen LogP) is 20.9. The molecule has 23 heteroatoms. The van der Waals surface area contributed by atoms with Crippen molar-refractivity contribution < 1.29 is 93.0 Å². The third kappa shape index (κ3) is 28.5. The molecule has 0 spiro atoms. The number of aliphatic hydroxyl groups is 1. The van der Waals surface area contributed by atoms with Crippen LogP contribution in [0.3, 0.4) is 0 Å². The maximum Gasteiger partial charge on any atom is 0.680 e. The molecule has 1 heterocycles. The molecule has 118 heavy (non-hydrogen) atoms. The lowest BCUT2D eigenvalue weighted by atomic mass is 9.44. The van der Waals surface area contributed by atoms with Gasteiger partial charge in [0.2, 0.25) is 0 Å². The van der Waals surface area contributed by atoms with E-state index in [1.165, 1.54) is 13.8 Å². The smallest absolute Gasteiger partial charge is 0.456 e. The summed E-state index contributed by atoms with van der Waals surface area (Å²) >= 11 is 0. The van der Waals surface area contributed by atoms with Gasteiger partial charge in [-0.3, -0.25) is 19.2 Å². The van der Waals surface area contributed by atoms with E-state index in [1.807, 2.05) is 6.07 Å². The van der Waals surface area contributed by atoms with Gasteiger partial charge >= 0.3 is 42.0 Å². The number of ketones is 1. The van der Waals surface area contributed by atoms with Crippen LogP contribution in [0.15, 0.2) is 102 Å². The van der Waals surface area contributed by atoms with Crippen molar-refractivity contribution in [3.05, 3.63) is 119 Å². The van der Waals surface area contributed by atoms with Crippen LogP contribution in [0.5, 0.6) is 0 Å². The molecule has 3 aliphatic carbocycles.